The Bertz CT molecular complexity index is 689. The van der Waals surface area contributed by atoms with E-state index in [0.717, 1.165) is 10.8 Å². The van der Waals surface area contributed by atoms with Crippen LogP contribution in [0, 0.1) is 0 Å². The van der Waals surface area contributed by atoms with Crippen molar-refractivity contribution in [2.45, 2.75) is 18.6 Å². The van der Waals surface area contributed by atoms with Gasteiger partial charge in [-0.3, -0.25) is 4.79 Å². The number of carbonyl (C=O) groups is 2. The lowest BCUT2D eigenvalue weighted by atomic mass is 10.1. The second-order valence-electron chi connectivity index (χ2n) is 4.84. The van der Waals surface area contributed by atoms with Gasteiger partial charge in [0.1, 0.15) is 5.75 Å². The molecular formula is C16H14O5. The molecule has 1 saturated heterocycles. The van der Waals surface area contributed by atoms with Crippen LogP contribution in [0.25, 0.3) is 10.8 Å². The molecule has 0 spiro atoms. The normalized spacial score (nSPS) is 21.6. The molecule has 2 aromatic rings. The fraction of sp³-hybridized carbons (Fsp3) is 0.250. The van der Waals surface area contributed by atoms with Gasteiger partial charge in [0.15, 0.2) is 6.10 Å². The summed E-state index contributed by atoms with van der Waals surface area (Å²) in [7, 11) is 0. The summed E-state index contributed by atoms with van der Waals surface area (Å²) in [6.07, 6.45) is -2.33. The number of rotatable bonds is 4. The van der Waals surface area contributed by atoms with Gasteiger partial charge in [0.05, 0.1) is 6.61 Å². The van der Waals surface area contributed by atoms with E-state index < -0.39 is 24.0 Å². The average Bonchev–Trinajstić information content (AvgIpc) is 2.75. The maximum absolute atomic E-state index is 11.5. The Labute approximate surface area is 121 Å². The minimum Gasteiger partial charge on any atom is -0.493 e. The molecule has 0 aliphatic carbocycles. The lowest BCUT2D eigenvalue weighted by Gasteiger charge is -2.11. The third-order valence-electron chi connectivity index (χ3n) is 3.46. The SMILES string of the molecule is O=C1O[C@@H](CCOc2cccc3ccccc23)C(=O)C1O. The number of aliphatic hydroxyl groups is 1. The standard InChI is InChI=1S/C16H14O5/c17-14-13(21-16(19)15(14)18)8-9-20-12-7-3-5-10-4-1-2-6-11(10)12/h1-7,13,15,18H,8-9H2/t13-,15?/m0/s1. The molecule has 3 rings (SSSR count). The molecule has 0 radical (unpaired) electrons. The molecule has 1 fully saturated rings. The van der Waals surface area contributed by atoms with E-state index >= 15 is 0 Å². The molecule has 5 nitrogen and oxygen atoms in total. The molecule has 2 atom stereocenters. The maximum atomic E-state index is 11.5. The molecule has 1 aliphatic heterocycles. The lowest BCUT2D eigenvalue weighted by Crippen LogP contribution is -2.26. The van der Waals surface area contributed by atoms with Crippen molar-refractivity contribution >= 4 is 22.5 Å². The second-order valence-corrected chi connectivity index (χ2v) is 4.84. The zero-order valence-corrected chi connectivity index (χ0v) is 11.2. The number of ether oxygens (including phenoxy) is 2. The molecule has 108 valence electrons. The fourth-order valence-electron chi connectivity index (χ4n) is 2.35. The summed E-state index contributed by atoms with van der Waals surface area (Å²) in [6, 6.07) is 13.5. The first-order chi connectivity index (χ1) is 10.2. The molecule has 1 unspecified atom stereocenters. The van der Waals surface area contributed by atoms with E-state index in [1.54, 1.807) is 0 Å². The number of ketones is 1. The van der Waals surface area contributed by atoms with E-state index in [0.29, 0.717) is 5.75 Å². The van der Waals surface area contributed by atoms with E-state index in [1.807, 2.05) is 42.5 Å². The summed E-state index contributed by atoms with van der Waals surface area (Å²) in [5.74, 6) is -0.762. The second kappa shape index (κ2) is 5.54. The zero-order chi connectivity index (χ0) is 14.8. The minimum absolute atomic E-state index is 0.227. The number of hydrogen-bond donors (Lipinski definition) is 1. The highest BCUT2D eigenvalue weighted by Crippen LogP contribution is 2.25. The number of aliphatic hydroxyl groups excluding tert-OH is 1. The summed E-state index contributed by atoms with van der Waals surface area (Å²) in [5, 5.41) is 11.3. The van der Waals surface area contributed by atoms with Gasteiger partial charge in [0.25, 0.3) is 0 Å². The van der Waals surface area contributed by atoms with Gasteiger partial charge in [0, 0.05) is 11.8 Å². The van der Waals surface area contributed by atoms with Crippen LogP contribution >= 0.6 is 0 Å². The summed E-state index contributed by atoms with van der Waals surface area (Å²) in [4.78, 5) is 22.6. The molecule has 0 amide bonds. The highest BCUT2D eigenvalue weighted by atomic mass is 16.6. The number of fused-ring (bicyclic) bond motifs is 1. The Kier molecular flexibility index (Phi) is 3.58. The van der Waals surface area contributed by atoms with Crippen LogP contribution < -0.4 is 4.74 Å². The van der Waals surface area contributed by atoms with Crippen LogP contribution in [0.2, 0.25) is 0 Å². The number of esters is 1. The number of Topliss-reactive ketones (excluding diaryl/α,β-unsaturated/α-hetero) is 1. The number of cyclic esters (lactones) is 1. The molecule has 1 N–H and O–H groups in total. The van der Waals surface area contributed by atoms with Gasteiger partial charge in [0.2, 0.25) is 11.9 Å². The Hall–Kier alpha value is -2.40. The van der Waals surface area contributed by atoms with Crippen LogP contribution in [0.3, 0.4) is 0 Å². The Morgan fingerprint density at radius 1 is 1.10 bits per heavy atom. The highest BCUT2D eigenvalue weighted by molar-refractivity contribution is 6.08. The van der Waals surface area contributed by atoms with Gasteiger partial charge < -0.3 is 14.6 Å². The summed E-state index contributed by atoms with van der Waals surface area (Å²) >= 11 is 0. The minimum atomic E-state index is -1.65. The maximum Gasteiger partial charge on any atom is 0.343 e. The van der Waals surface area contributed by atoms with Crippen molar-refractivity contribution in [3.63, 3.8) is 0 Å². The predicted molar refractivity (Wildman–Crippen MR) is 75.0 cm³/mol. The predicted octanol–water partition coefficient (Wildman–Crippen LogP) is 1.46. The van der Waals surface area contributed by atoms with E-state index in [1.165, 1.54) is 0 Å². The van der Waals surface area contributed by atoms with Gasteiger partial charge in [-0.25, -0.2) is 4.79 Å². The lowest BCUT2D eigenvalue weighted by molar-refractivity contribution is -0.147. The molecule has 0 bridgehead atoms. The summed E-state index contributed by atoms with van der Waals surface area (Å²) < 4.78 is 10.5. The van der Waals surface area contributed by atoms with Crippen molar-refractivity contribution in [3.05, 3.63) is 42.5 Å². The Morgan fingerprint density at radius 3 is 2.62 bits per heavy atom. The number of benzene rings is 2. The quantitative estimate of drug-likeness (QED) is 0.680. The van der Waals surface area contributed by atoms with Crippen LogP contribution in [0.15, 0.2) is 42.5 Å². The van der Waals surface area contributed by atoms with Crippen molar-refractivity contribution in [1.29, 1.82) is 0 Å². The van der Waals surface area contributed by atoms with Gasteiger partial charge in [-0.15, -0.1) is 0 Å². The van der Waals surface area contributed by atoms with Gasteiger partial charge in [-0.2, -0.15) is 0 Å². The largest absolute Gasteiger partial charge is 0.493 e. The first kappa shape index (κ1) is 13.6. The summed E-state index contributed by atoms with van der Waals surface area (Å²) in [5.41, 5.74) is 0. The van der Waals surface area contributed by atoms with Crippen molar-refractivity contribution < 1.29 is 24.2 Å². The number of hydrogen-bond acceptors (Lipinski definition) is 5. The van der Waals surface area contributed by atoms with Gasteiger partial charge >= 0.3 is 5.97 Å². The Balaban J connectivity index is 1.65. The third-order valence-corrected chi connectivity index (χ3v) is 3.46. The number of carbonyl (C=O) groups excluding carboxylic acids is 2. The van der Waals surface area contributed by atoms with Crippen LogP contribution in [0.1, 0.15) is 6.42 Å². The van der Waals surface area contributed by atoms with E-state index in [-0.39, 0.29) is 13.0 Å². The van der Waals surface area contributed by atoms with Crippen molar-refractivity contribution in [2.75, 3.05) is 6.61 Å². The average molecular weight is 286 g/mol. The molecule has 1 heterocycles. The molecule has 5 heteroatoms. The topological polar surface area (TPSA) is 72.8 Å². The monoisotopic (exact) mass is 286 g/mol. The molecule has 0 saturated carbocycles. The van der Waals surface area contributed by atoms with Crippen LogP contribution in [-0.4, -0.2) is 35.7 Å². The van der Waals surface area contributed by atoms with Crippen molar-refractivity contribution in [3.8, 4) is 5.75 Å². The van der Waals surface area contributed by atoms with E-state index in [9.17, 15) is 14.7 Å². The first-order valence-corrected chi connectivity index (χ1v) is 6.69. The van der Waals surface area contributed by atoms with Gasteiger partial charge in [-0.05, 0) is 11.5 Å². The molecule has 0 aromatic heterocycles. The molecule has 1 aliphatic rings. The molecule has 2 aromatic carbocycles. The van der Waals surface area contributed by atoms with Crippen LogP contribution in [0.5, 0.6) is 5.75 Å². The van der Waals surface area contributed by atoms with E-state index in [2.05, 4.69) is 0 Å². The third kappa shape index (κ3) is 2.60. The first-order valence-electron chi connectivity index (χ1n) is 6.69. The van der Waals surface area contributed by atoms with E-state index in [4.69, 9.17) is 9.47 Å². The smallest absolute Gasteiger partial charge is 0.343 e. The fourth-order valence-corrected chi connectivity index (χ4v) is 2.35. The summed E-state index contributed by atoms with van der Waals surface area (Å²) in [6.45, 7) is 0.227. The molecular weight excluding hydrogens is 272 g/mol. The van der Waals surface area contributed by atoms with Gasteiger partial charge in [-0.1, -0.05) is 36.4 Å². The van der Waals surface area contributed by atoms with Crippen molar-refractivity contribution in [2.24, 2.45) is 0 Å². The molecule has 21 heavy (non-hydrogen) atoms. The van der Waals surface area contributed by atoms with Crippen LogP contribution in [0.4, 0.5) is 0 Å². The van der Waals surface area contributed by atoms with Crippen LogP contribution in [-0.2, 0) is 14.3 Å². The zero-order valence-electron chi connectivity index (χ0n) is 11.2. The highest BCUT2D eigenvalue weighted by Gasteiger charge is 2.41. The van der Waals surface area contributed by atoms with Crippen molar-refractivity contribution in [1.82, 2.24) is 0 Å². The Morgan fingerprint density at radius 2 is 1.86 bits per heavy atom.